The van der Waals surface area contributed by atoms with Gasteiger partial charge in [-0.1, -0.05) is 11.6 Å². The largest absolute Gasteiger partial charge is 0.480 e. The van der Waals surface area contributed by atoms with Crippen LogP contribution in [0.1, 0.15) is 22.8 Å². The molecule has 1 amide bonds. The molecule has 86 valence electrons. The number of benzene rings is 1. The maximum Gasteiger partial charge on any atom is 0.325 e. The van der Waals surface area contributed by atoms with Crippen LogP contribution in [-0.4, -0.2) is 23.0 Å². The number of carboxylic acid groups (broad SMARTS) is 1. The van der Waals surface area contributed by atoms with Gasteiger partial charge in [0, 0.05) is 10.6 Å². The first kappa shape index (κ1) is 12.5. The lowest BCUT2D eigenvalue weighted by molar-refractivity contribution is -0.138. The second kappa shape index (κ2) is 4.99. The molecule has 5 heteroatoms. The standard InChI is InChI=1S/C11H12ClNO3/c1-6-3-8(5-9(12)4-6)10(14)13-7(2)11(15)16/h3-5,7H,1-2H3,(H,13,14)(H,15,16)/t7-/m0/s1. The molecule has 1 aromatic rings. The third kappa shape index (κ3) is 3.24. The summed E-state index contributed by atoms with van der Waals surface area (Å²) in [4.78, 5) is 22.2. The van der Waals surface area contributed by atoms with E-state index < -0.39 is 17.9 Å². The van der Waals surface area contributed by atoms with Crippen molar-refractivity contribution in [1.29, 1.82) is 0 Å². The number of halogens is 1. The molecular weight excluding hydrogens is 230 g/mol. The molecule has 0 saturated heterocycles. The molecule has 0 saturated carbocycles. The molecule has 4 nitrogen and oxygen atoms in total. The normalized spacial score (nSPS) is 11.9. The quantitative estimate of drug-likeness (QED) is 0.849. The minimum absolute atomic E-state index is 0.359. The monoisotopic (exact) mass is 241 g/mol. The van der Waals surface area contributed by atoms with Gasteiger partial charge in [0.1, 0.15) is 6.04 Å². The highest BCUT2D eigenvalue weighted by atomic mass is 35.5. The summed E-state index contributed by atoms with van der Waals surface area (Å²) in [5.74, 6) is -1.52. The lowest BCUT2D eigenvalue weighted by atomic mass is 10.1. The van der Waals surface area contributed by atoms with E-state index in [9.17, 15) is 9.59 Å². The predicted molar refractivity (Wildman–Crippen MR) is 60.8 cm³/mol. The van der Waals surface area contributed by atoms with Gasteiger partial charge in [-0.3, -0.25) is 9.59 Å². The smallest absolute Gasteiger partial charge is 0.325 e. The van der Waals surface area contributed by atoms with E-state index in [1.165, 1.54) is 13.0 Å². The number of aliphatic carboxylic acids is 1. The first-order valence-corrected chi connectivity index (χ1v) is 5.09. The summed E-state index contributed by atoms with van der Waals surface area (Å²) in [6.07, 6.45) is 0. The topological polar surface area (TPSA) is 66.4 Å². The van der Waals surface area contributed by atoms with Gasteiger partial charge in [-0.25, -0.2) is 0 Å². The summed E-state index contributed by atoms with van der Waals surface area (Å²) >= 11 is 5.80. The van der Waals surface area contributed by atoms with Gasteiger partial charge in [0.15, 0.2) is 0 Å². The number of nitrogens with one attached hydrogen (secondary N) is 1. The van der Waals surface area contributed by atoms with E-state index in [4.69, 9.17) is 16.7 Å². The average molecular weight is 242 g/mol. The summed E-state index contributed by atoms with van der Waals surface area (Å²) < 4.78 is 0. The van der Waals surface area contributed by atoms with Crippen molar-refractivity contribution in [3.63, 3.8) is 0 Å². The van der Waals surface area contributed by atoms with Crippen molar-refractivity contribution in [2.75, 3.05) is 0 Å². The maximum atomic E-state index is 11.6. The third-order valence-corrected chi connectivity index (χ3v) is 2.24. The van der Waals surface area contributed by atoms with Gasteiger partial charge in [-0.15, -0.1) is 0 Å². The van der Waals surface area contributed by atoms with E-state index in [-0.39, 0.29) is 0 Å². The molecule has 0 heterocycles. The molecule has 16 heavy (non-hydrogen) atoms. The van der Waals surface area contributed by atoms with Gasteiger partial charge in [0.25, 0.3) is 5.91 Å². The zero-order valence-corrected chi connectivity index (χ0v) is 9.71. The maximum absolute atomic E-state index is 11.6. The Morgan fingerprint density at radius 1 is 1.38 bits per heavy atom. The summed E-state index contributed by atoms with van der Waals surface area (Å²) in [5, 5.41) is 11.5. The molecule has 0 aliphatic rings. The molecule has 0 unspecified atom stereocenters. The van der Waals surface area contributed by atoms with Gasteiger partial charge in [-0.2, -0.15) is 0 Å². The van der Waals surface area contributed by atoms with E-state index in [2.05, 4.69) is 5.32 Å². The molecule has 0 bridgehead atoms. The first-order valence-electron chi connectivity index (χ1n) is 4.71. The Morgan fingerprint density at radius 2 is 2.00 bits per heavy atom. The van der Waals surface area contributed by atoms with Crippen LogP contribution >= 0.6 is 11.6 Å². The minimum Gasteiger partial charge on any atom is -0.480 e. The molecule has 1 atom stereocenters. The van der Waals surface area contributed by atoms with Crippen molar-refractivity contribution in [2.24, 2.45) is 0 Å². The SMILES string of the molecule is Cc1cc(Cl)cc(C(=O)N[C@@H](C)C(=O)O)c1. The van der Waals surface area contributed by atoms with Crippen LogP contribution in [0.4, 0.5) is 0 Å². The van der Waals surface area contributed by atoms with Crippen LogP contribution in [0.2, 0.25) is 5.02 Å². The molecule has 0 spiro atoms. The highest BCUT2D eigenvalue weighted by Gasteiger charge is 2.15. The van der Waals surface area contributed by atoms with Crippen LogP contribution in [0.5, 0.6) is 0 Å². The van der Waals surface area contributed by atoms with E-state index in [0.717, 1.165) is 5.56 Å². The van der Waals surface area contributed by atoms with E-state index in [0.29, 0.717) is 10.6 Å². The van der Waals surface area contributed by atoms with Crippen LogP contribution in [0.15, 0.2) is 18.2 Å². The number of rotatable bonds is 3. The Hall–Kier alpha value is -1.55. The fraction of sp³-hybridized carbons (Fsp3) is 0.273. The third-order valence-electron chi connectivity index (χ3n) is 2.02. The van der Waals surface area contributed by atoms with Crippen molar-refractivity contribution in [3.05, 3.63) is 34.3 Å². The molecular formula is C11H12ClNO3. The Bertz CT molecular complexity index is 411. The van der Waals surface area contributed by atoms with Crippen LogP contribution in [0.3, 0.4) is 0 Å². The second-order valence-corrected chi connectivity index (χ2v) is 3.99. The van der Waals surface area contributed by atoms with E-state index >= 15 is 0 Å². The zero-order chi connectivity index (χ0) is 12.3. The number of carbonyl (C=O) groups is 2. The second-order valence-electron chi connectivity index (χ2n) is 3.55. The van der Waals surface area contributed by atoms with Crippen molar-refractivity contribution in [1.82, 2.24) is 5.32 Å². The summed E-state index contributed by atoms with van der Waals surface area (Å²) in [6, 6.07) is 3.94. The van der Waals surface area contributed by atoms with Gasteiger partial charge in [0.2, 0.25) is 0 Å². The van der Waals surface area contributed by atoms with Gasteiger partial charge in [0.05, 0.1) is 0 Å². The fourth-order valence-electron chi connectivity index (χ4n) is 1.21. The van der Waals surface area contributed by atoms with Gasteiger partial charge < -0.3 is 10.4 Å². The number of aryl methyl sites for hydroxylation is 1. The van der Waals surface area contributed by atoms with Crippen LogP contribution < -0.4 is 5.32 Å². The van der Waals surface area contributed by atoms with Crippen LogP contribution in [-0.2, 0) is 4.79 Å². The molecule has 0 aliphatic carbocycles. The summed E-state index contributed by atoms with van der Waals surface area (Å²) in [7, 11) is 0. The van der Waals surface area contributed by atoms with Crippen LogP contribution in [0, 0.1) is 6.92 Å². The Labute approximate surface area is 98.2 Å². The number of amides is 1. The molecule has 2 N–H and O–H groups in total. The first-order chi connectivity index (χ1) is 7.40. The number of carbonyl (C=O) groups excluding carboxylic acids is 1. The van der Waals surface area contributed by atoms with Gasteiger partial charge in [-0.05, 0) is 37.6 Å². The average Bonchev–Trinajstić information content (AvgIpc) is 2.15. The van der Waals surface area contributed by atoms with Crippen molar-refractivity contribution in [3.8, 4) is 0 Å². The molecule has 0 aliphatic heterocycles. The number of carboxylic acids is 1. The lowest BCUT2D eigenvalue weighted by Gasteiger charge is -2.09. The Morgan fingerprint density at radius 3 is 2.50 bits per heavy atom. The highest BCUT2D eigenvalue weighted by molar-refractivity contribution is 6.31. The summed E-state index contributed by atoms with van der Waals surface area (Å²) in [6.45, 7) is 3.21. The lowest BCUT2D eigenvalue weighted by Crippen LogP contribution is -2.38. The van der Waals surface area contributed by atoms with Gasteiger partial charge >= 0.3 is 5.97 Å². The fourth-order valence-corrected chi connectivity index (χ4v) is 1.50. The summed E-state index contributed by atoms with van der Waals surface area (Å²) in [5.41, 5.74) is 1.21. The van der Waals surface area contributed by atoms with Crippen molar-refractivity contribution in [2.45, 2.75) is 19.9 Å². The Kier molecular flexibility index (Phi) is 3.90. The molecule has 0 radical (unpaired) electrons. The highest BCUT2D eigenvalue weighted by Crippen LogP contribution is 2.14. The van der Waals surface area contributed by atoms with E-state index in [1.54, 1.807) is 12.1 Å². The number of hydrogen-bond donors (Lipinski definition) is 2. The molecule has 1 rings (SSSR count). The number of hydrogen-bond acceptors (Lipinski definition) is 2. The van der Waals surface area contributed by atoms with Crippen molar-refractivity contribution < 1.29 is 14.7 Å². The van der Waals surface area contributed by atoms with E-state index in [1.807, 2.05) is 6.92 Å². The zero-order valence-electron chi connectivity index (χ0n) is 8.95. The predicted octanol–water partition coefficient (Wildman–Crippen LogP) is 1.85. The minimum atomic E-state index is -1.08. The Balaban J connectivity index is 2.84. The molecule has 1 aromatic carbocycles. The molecule has 0 aromatic heterocycles. The van der Waals surface area contributed by atoms with Crippen LogP contribution in [0.25, 0.3) is 0 Å². The van der Waals surface area contributed by atoms with Crippen molar-refractivity contribution >= 4 is 23.5 Å². The molecule has 0 fully saturated rings.